The molecule has 2 rings (SSSR count). The number of amides is 1. The number of hydrogen-bond acceptors (Lipinski definition) is 3. The van der Waals surface area contributed by atoms with Crippen molar-refractivity contribution >= 4 is 23.2 Å². The number of hydrogen-bond donors (Lipinski definition) is 1. The standard InChI is InChI=1S/C17H17ClF2N2O2/c1-22(8-9-24-16-5-3-2-4-15(16)20)11-17(23)21-12-6-7-14(19)13(18)10-12/h2-7,10H,8-9,11H2,1H3,(H,21,23). The number of nitrogens with zero attached hydrogens (tertiary/aromatic N) is 1. The minimum Gasteiger partial charge on any atom is -0.489 e. The SMILES string of the molecule is CN(CCOc1ccccc1F)CC(=O)Nc1ccc(F)c(Cl)c1. The van der Waals surface area contributed by atoms with E-state index < -0.39 is 11.6 Å². The first-order valence-electron chi connectivity index (χ1n) is 7.26. The molecule has 1 amide bonds. The molecule has 0 aliphatic rings. The molecule has 4 nitrogen and oxygen atoms in total. The van der Waals surface area contributed by atoms with Crippen LogP contribution in [0.5, 0.6) is 5.75 Å². The molecule has 0 fully saturated rings. The van der Waals surface area contributed by atoms with Crippen molar-refractivity contribution in [1.29, 1.82) is 0 Å². The minimum atomic E-state index is -0.544. The number of nitrogens with one attached hydrogen (secondary N) is 1. The second kappa shape index (κ2) is 8.61. The molecule has 0 saturated carbocycles. The van der Waals surface area contributed by atoms with Gasteiger partial charge in [-0.2, -0.15) is 0 Å². The van der Waals surface area contributed by atoms with Gasteiger partial charge < -0.3 is 10.1 Å². The smallest absolute Gasteiger partial charge is 0.238 e. The first-order valence-corrected chi connectivity index (χ1v) is 7.64. The first kappa shape index (κ1) is 18.2. The molecule has 0 bridgehead atoms. The van der Waals surface area contributed by atoms with Crippen molar-refractivity contribution in [2.24, 2.45) is 0 Å². The summed E-state index contributed by atoms with van der Waals surface area (Å²) in [6.45, 7) is 0.786. The highest BCUT2D eigenvalue weighted by molar-refractivity contribution is 6.31. The number of rotatable bonds is 7. The highest BCUT2D eigenvalue weighted by Gasteiger charge is 2.09. The van der Waals surface area contributed by atoms with Crippen LogP contribution in [0, 0.1) is 11.6 Å². The van der Waals surface area contributed by atoms with Crippen LogP contribution in [0.4, 0.5) is 14.5 Å². The molecule has 2 aromatic rings. The third kappa shape index (κ3) is 5.47. The van der Waals surface area contributed by atoms with Crippen molar-refractivity contribution in [3.05, 3.63) is 59.1 Å². The van der Waals surface area contributed by atoms with Gasteiger partial charge in [-0.25, -0.2) is 8.78 Å². The topological polar surface area (TPSA) is 41.6 Å². The van der Waals surface area contributed by atoms with E-state index in [2.05, 4.69) is 5.32 Å². The normalized spacial score (nSPS) is 10.7. The molecule has 1 N–H and O–H groups in total. The highest BCUT2D eigenvalue weighted by atomic mass is 35.5. The number of anilines is 1. The van der Waals surface area contributed by atoms with Crippen LogP contribution in [0.1, 0.15) is 0 Å². The summed E-state index contributed by atoms with van der Waals surface area (Å²) < 4.78 is 31.8. The van der Waals surface area contributed by atoms with Crippen LogP contribution in [0.15, 0.2) is 42.5 Å². The van der Waals surface area contributed by atoms with Gasteiger partial charge in [0, 0.05) is 12.2 Å². The predicted molar refractivity (Wildman–Crippen MR) is 89.4 cm³/mol. The summed E-state index contributed by atoms with van der Waals surface area (Å²) >= 11 is 5.66. The number of ether oxygens (including phenoxy) is 1. The number of likely N-dealkylation sites (N-methyl/N-ethyl adjacent to an activating group) is 1. The predicted octanol–water partition coefficient (Wildman–Crippen LogP) is 3.57. The number of benzene rings is 2. The van der Waals surface area contributed by atoms with Crippen molar-refractivity contribution in [2.45, 2.75) is 0 Å². The van der Waals surface area contributed by atoms with Crippen LogP contribution >= 0.6 is 11.6 Å². The summed E-state index contributed by atoms with van der Waals surface area (Å²) in [5.41, 5.74) is 0.419. The molecule has 0 spiro atoms. The Morgan fingerprint density at radius 1 is 1.21 bits per heavy atom. The Bertz CT molecular complexity index is 713. The first-order chi connectivity index (χ1) is 11.5. The van der Waals surface area contributed by atoms with E-state index in [1.165, 1.54) is 24.3 Å². The third-order valence-electron chi connectivity index (χ3n) is 3.18. The quantitative estimate of drug-likeness (QED) is 0.826. The number of carbonyl (C=O) groups is 1. The van der Waals surface area contributed by atoms with E-state index >= 15 is 0 Å². The van der Waals surface area contributed by atoms with Crippen LogP contribution in [0.2, 0.25) is 5.02 Å². The van der Waals surface area contributed by atoms with Crippen LogP contribution in [0.25, 0.3) is 0 Å². The second-order valence-corrected chi connectivity index (χ2v) is 5.60. The van der Waals surface area contributed by atoms with Gasteiger partial charge in [0.25, 0.3) is 0 Å². The molecule has 2 aromatic carbocycles. The Hall–Kier alpha value is -2.18. The molecular weight excluding hydrogens is 338 g/mol. The zero-order chi connectivity index (χ0) is 17.5. The van der Waals surface area contributed by atoms with Gasteiger partial charge in [0.15, 0.2) is 11.6 Å². The maximum absolute atomic E-state index is 13.4. The van der Waals surface area contributed by atoms with Gasteiger partial charge in [0.1, 0.15) is 12.4 Å². The molecule has 0 saturated heterocycles. The number of para-hydroxylation sites is 1. The molecule has 0 radical (unpaired) electrons. The van der Waals surface area contributed by atoms with Gasteiger partial charge in [-0.3, -0.25) is 9.69 Å². The van der Waals surface area contributed by atoms with E-state index in [0.717, 1.165) is 0 Å². The summed E-state index contributed by atoms with van der Waals surface area (Å²) in [4.78, 5) is 13.6. The molecule has 128 valence electrons. The van der Waals surface area contributed by atoms with Gasteiger partial charge in [0.05, 0.1) is 11.6 Å². The molecule has 0 unspecified atom stereocenters. The van der Waals surface area contributed by atoms with Gasteiger partial charge in [-0.1, -0.05) is 23.7 Å². The van der Waals surface area contributed by atoms with Gasteiger partial charge >= 0.3 is 0 Å². The van der Waals surface area contributed by atoms with Crippen molar-refractivity contribution in [1.82, 2.24) is 4.90 Å². The van der Waals surface area contributed by atoms with Crippen LogP contribution in [0.3, 0.4) is 0 Å². The molecule has 0 heterocycles. The van der Waals surface area contributed by atoms with E-state index in [4.69, 9.17) is 16.3 Å². The monoisotopic (exact) mass is 354 g/mol. The zero-order valence-corrected chi connectivity index (χ0v) is 13.8. The molecule has 7 heteroatoms. The molecular formula is C17H17ClF2N2O2. The van der Waals surface area contributed by atoms with Crippen molar-refractivity contribution in [3.63, 3.8) is 0 Å². The fraction of sp³-hybridized carbons (Fsp3) is 0.235. The molecule has 24 heavy (non-hydrogen) atoms. The second-order valence-electron chi connectivity index (χ2n) is 5.19. The largest absolute Gasteiger partial charge is 0.489 e. The average Bonchev–Trinajstić information content (AvgIpc) is 2.52. The Morgan fingerprint density at radius 2 is 1.96 bits per heavy atom. The lowest BCUT2D eigenvalue weighted by atomic mass is 10.3. The number of halogens is 3. The summed E-state index contributed by atoms with van der Waals surface area (Å²) in [6.07, 6.45) is 0. The van der Waals surface area contributed by atoms with E-state index in [1.54, 1.807) is 30.1 Å². The van der Waals surface area contributed by atoms with Gasteiger partial charge in [0.2, 0.25) is 5.91 Å². The fourth-order valence-electron chi connectivity index (χ4n) is 1.97. The number of carbonyl (C=O) groups excluding carboxylic acids is 1. The summed E-state index contributed by atoms with van der Waals surface area (Å²) in [7, 11) is 1.74. The molecule has 0 aliphatic heterocycles. The average molecular weight is 355 g/mol. The Kier molecular flexibility index (Phi) is 6.52. The Balaban J connectivity index is 1.75. The molecule has 0 aliphatic carbocycles. The fourth-order valence-corrected chi connectivity index (χ4v) is 2.15. The summed E-state index contributed by atoms with van der Waals surface area (Å²) in [6, 6.07) is 10.1. The van der Waals surface area contributed by atoms with Crippen molar-refractivity contribution in [2.75, 3.05) is 32.1 Å². The lowest BCUT2D eigenvalue weighted by Gasteiger charge is -2.17. The molecule has 0 atom stereocenters. The van der Waals surface area contributed by atoms with E-state index in [9.17, 15) is 13.6 Å². The Labute approximate surface area is 144 Å². The van der Waals surface area contributed by atoms with E-state index in [-0.39, 0.29) is 29.8 Å². The summed E-state index contributed by atoms with van der Waals surface area (Å²) in [5, 5.41) is 2.57. The highest BCUT2D eigenvalue weighted by Crippen LogP contribution is 2.19. The van der Waals surface area contributed by atoms with E-state index in [1.807, 2.05) is 0 Å². The lowest BCUT2D eigenvalue weighted by molar-refractivity contribution is -0.117. The zero-order valence-electron chi connectivity index (χ0n) is 13.1. The van der Waals surface area contributed by atoms with Crippen LogP contribution < -0.4 is 10.1 Å². The Morgan fingerprint density at radius 3 is 2.67 bits per heavy atom. The maximum Gasteiger partial charge on any atom is 0.238 e. The van der Waals surface area contributed by atoms with Crippen LogP contribution in [-0.4, -0.2) is 37.6 Å². The maximum atomic E-state index is 13.4. The lowest BCUT2D eigenvalue weighted by Crippen LogP contribution is -2.33. The summed E-state index contributed by atoms with van der Waals surface area (Å²) in [5.74, 6) is -1.06. The van der Waals surface area contributed by atoms with E-state index in [0.29, 0.717) is 12.2 Å². The van der Waals surface area contributed by atoms with Crippen molar-refractivity contribution in [3.8, 4) is 5.75 Å². The van der Waals surface area contributed by atoms with Crippen LogP contribution in [-0.2, 0) is 4.79 Å². The van der Waals surface area contributed by atoms with Crippen molar-refractivity contribution < 1.29 is 18.3 Å². The molecule has 0 aromatic heterocycles. The van der Waals surface area contributed by atoms with Gasteiger partial charge in [-0.15, -0.1) is 0 Å². The third-order valence-corrected chi connectivity index (χ3v) is 3.47. The van der Waals surface area contributed by atoms with Gasteiger partial charge in [-0.05, 0) is 37.4 Å². The minimum absolute atomic E-state index is 0.0561.